The first-order valence-electron chi connectivity index (χ1n) is 9.97. The Morgan fingerprint density at radius 1 is 1.06 bits per heavy atom. The number of pyridine rings is 1. The number of imidazole rings is 1. The molecule has 0 radical (unpaired) electrons. The fraction of sp³-hybridized carbons (Fsp3) is 0.0400. The molecule has 2 aromatic carbocycles. The van der Waals surface area contributed by atoms with Gasteiger partial charge in [-0.15, -0.1) is 0 Å². The molecular weight excluding hydrogens is 461 g/mol. The molecule has 8 heteroatoms. The van der Waals surface area contributed by atoms with Crippen molar-refractivity contribution in [2.75, 3.05) is 7.11 Å². The third kappa shape index (κ3) is 4.06. The highest BCUT2D eigenvalue weighted by Gasteiger charge is 2.15. The molecule has 0 aliphatic heterocycles. The van der Waals surface area contributed by atoms with Crippen LogP contribution in [0.4, 0.5) is 5.82 Å². The molecule has 0 spiro atoms. The first-order valence-corrected chi connectivity index (χ1v) is 10.7. The predicted molar refractivity (Wildman–Crippen MR) is 130 cm³/mol. The number of phenolic OH excluding ortho intramolecular Hbond substituents is 1. The van der Waals surface area contributed by atoms with Gasteiger partial charge in [0.1, 0.15) is 22.9 Å². The van der Waals surface area contributed by atoms with E-state index in [4.69, 9.17) is 37.3 Å². The van der Waals surface area contributed by atoms with Crippen LogP contribution >= 0.6 is 23.2 Å². The van der Waals surface area contributed by atoms with Gasteiger partial charge in [0, 0.05) is 22.3 Å². The summed E-state index contributed by atoms with van der Waals surface area (Å²) in [5.74, 6) is 2.19. The van der Waals surface area contributed by atoms with E-state index in [0.717, 1.165) is 16.8 Å². The monoisotopic (exact) mass is 477 g/mol. The summed E-state index contributed by atoms with van der Waals surface area (Å²) in [6, 6.07) is 19.7. The lowest BCUT2D eigenvalue weighted by Crippen LogP contribution is -1.86. The van der Waals surface area contributed by atoms with Crippen molar-refractivity contribution in [3.63, 3.8) is 0 Å². The third-order valence-electron chi connectivity index (χ3n) is 5.10. The molecule has 5 aromatic rings. The first-order chi connectivity index (χ1) is 16.0. The first kappa shape index (κ1) is 21.1. The van der Waals surface area contributed by atoms with Crippen molar-refractivity contribution in [2.45, 2.75) is 0 Å². The summed E-state index contributed by atoms with van der Waals surface area (Å²) in [5, 5.41) is 11.0. The number of phenols is 1. The largest absolute Gasteiger partial charge is 0.504 e. The van der Waals surface area contributed by atoms with Crippen LogP contribution in [0, 0.1) is 0 Å². The molecule has 0 saturated carbocycles. The molecule has 0 unspecified atom stereocenters. The van der Waals surface area contributed by atoms with Crippen molar-refractivity contribution in [2.24, 2.45) is 4.99 Å². The molecule has 0 saturated heterocycles. The van der Waals surface area contributed by atoms with Crippen LogP contribution in [-0.4, -0.2) is 27.8 Å². The summed E-state index contributed by atoms with van der Waals surface area (Å²) in [6.45, 7) is 0. The minimum absolute atomic E-state index is 0.0547. The lowest BCUT2D eigenvalue weighted by Gasteiger charge is -2.05. The van der Waals surface area contributed by atoms with E-state index in [1.807, 2.05) is 47.0 Å². The summed E-state index contributed by atoms with van der Waals surface area (Å²) in [7, 11) is 1.50. The molecule has 6 nitrogen and oxygen atoms in total. The zero-order valence-corrected chi connectivity index (χ0v) is 18.9. The van der Waals surface area contributed by atoms with Crippen LogP contribution in [0.15, 0.2) is 82.3 Å². The van der Waals surface area contributed by atoms with Crippen LogP contribution in [0.2, 0.25) is 10.0 Å². The molecule has 0 amide bonds. The minimum Gasteiger partial charge on any atom is -0.504 e. The van der Waals surface area contributed by atoms with Crippen molar-refractivity contribution < 1.29 is 14.3 Å². The Bertz CT molecular complexity index is 1500. The summed E-state index contributed by atoms with van der Waals surface area (Å²) >= 11 is 12.3. The lowest BCUT2D eigenvalue weighted by atomic mass is 10.1. The van der Waals surface area contributed by atoms with E-state index >= 15 is 0 Å². The van der Waals surface area contributed by atoms with Crippen LogP contribution in [0.5, 0.6) is 11.5 Å². The van der Waals surface area contributed by atoms with Crippen LogP contribution in [0.1, 0.15) is 5.76 Å². The Hall–Kier alpha value is -3.74. The number of halogens is 2. The van der Waals surface area contributed by atoms with Gasteiger partial charge in [-0.05, 0) is 60.7 Å². The molecule has 0 fully saturated rings. The van der Waals surface area contributed by atoms with Gasteiger partial charge in [-0.1, -0.05) is 29.3 Å². The fourth-order valence-corrected chi connectivity index (χ4v) is 4.01. The van der Waals surface area contributed by atoms with Crippen molar-refractivity contribution in [1.29, 1.82) is 0 Å². The summed E-state index contributed by atoms with van der Waals surface area (Å²) in [4.78, 5) is 9.41. The van der Waals surface area contributed by atoms with Crippen LogP contribution in [0.3, 0.4) is 0 Å². The van der Waals surface area contributed by atoms with Gasteiger partial charge in [-0.2, -0.15) is 0 Å². The van der Waals surface area contributed by atoms with Crippen molar-refractivity contribution >= 4 is 40.9 Å². The zero-order chi connectivity index (χ0) is 22.9. The van der Waals surface area contributed by atoms with Gasteiger partial charge in [0.2, 0.25) is 0 Å². The number of benzene rings is 2. The highest BCUT2D eigenvalue weighted by molar-refractivity contribution is 6.36. The predicted octanol–water partition coefficient (Wildman–Crippen LogP) is 7.03. The van der Waals surface area contributed by atoms with Gasteiger partial charge in [0.25, 0.3) is 0 Å². The van der Waals surface area contributed by atoms with Gasteiger partial charge in [0.05, 0.1) is 18.3 Å². The molecule has 0 bridgehead atoms. The molecule has 3 heterocycles. The normalized spacial score (nSPS) is 11.5. The quantitative estimate of drug-likeness (QED) is 0.275. The molecule has 33 heavy (non-hydrogen) atoms. The Morgan fingerprint density at radius 2 is 1.94 bits per heavy atom. The van der Waals surface area contributed by atoms with E-state index in [9.17, 15) is 5.11 Å². The number of hydrogen-bond donors (Lipinski definition) is 1. The zero-order valence-electron chi connectivity index (χ0n) is 17.4. The number of aromatic hydroxyl groups is 1. The molecular formula is C25H17Cl2N3O3. The SMILES string of the molecule is COc1cc(-c2nc3ccccn3c2N=Cc2ccc(-c3ccc(Cl)cc3Cl)o2)ccc1O. The molecule has 3 aromatic heterocycles. The molecule has 1 N–H and O–H groups in total. The Kier molecular flexibility index (Phi) is 5.54. The van der Waals surface area contributed by atoms with E-state index in [0.29, 0.717) is 38.8 Å². The maximum Gasteiger partial charge on any atom is 0.165 e. The summed E-state index contributed by atoms with van der Waals surface area (Å²) < 4.78 is 13.1. The van der Waals surface area contributed by atoms with Gasteiger partial charge in [-0.25, -0.2) is 9.98 Å². The number of furan rings is 1. The maximum absolute atomic E-state index is 9.96. The van der Waals surface area contributed by atoms with E-state index in [2.05, 4.69) is 4.99 Å². The fourth-order valence-electron chi connectivity index (χ4n) is 3.51. The number of fused-ring (bicyclic) bond motifs is 1. The number of aromatic nitrogens is 2. The highest BCUT2D eigenvalue weighted by atomic mass is 35.5. The van der Waals surface area contributed by atoms with Crippen molar-refractivity contribution in [3.8, 4) is 34.1 Å². The molecule has 164 valence electrons. The number of hydrogen-bond acceptors (Lipinski definition) is 5. The topological polar surface area (TPSA) is 72.3 Å². The Morgan fingerprint density at radius 3 is 2.76 bits per heavy atom. The molecule has 0 atom stereocenters. The van der Waals surface area contributed by atoms with E-state index < -0.39 is 0 Å². The second kappa shape index (κ2) is 8.65. The number of aliphatic imine (C=N–C) groups is 1. The Labute approximate surface area is 199 Å². The van der Waals surface area contributed by atoms with Gasteiger partial charge < -0.3 is 14.3 Å². The summed E-state index contributed by atoms with van der Waals surface area (Å²) in [6.07, 6.45) is 3.52. The average Bonchev–Trinajstić information content (AvgIpc) is 3.42. The Balaban J connectivity index is 1.56. The van der Waals surface area contributed by atoms with Gasteiger partial charge in [0.15, 0.2) is 17.3 Å². The molecule has 0 aliphatic carbocycles. The summed E-state index contributed by atoms with van der Waals surface area (Å²) in [5.41, 5.74) is 2.88. The third-order valence-corrected chi connectivity index (χ3v) is 5.64. The highest BCUT2D eigenvalue weighted by Crippen LogP contribution is 2.36. The lowest BCUT2D eigenvalue weighted by molar-refractivity contribution is 0.373. The van der Waals surface area contributed by atoms with E-state index in [1.54, 1.807) is 36.5 Å². The van der Waals surface area contributed by atoms with E-state index in [-0.39, 0.29) is 5.75 Å². The van der Waals surface area contributed by atoms with Crippen LogP contribution in [0.25, 0.3) is 28.2 Å². The van der Waals surface area contributed by atoms with Gasteiger partial charge in [-0.3, -0.25) is 4.40 Å². The van der Waals surface area contributed by atoms with E-state index in [1.165, 1.54) is 7.11 Å². The van der Waals surface area contributed by atoms with Crippen molar-refractivity contribution in [3.05, 3.63) is 88.7 Å². The number of rotatable bonds is 5. The second-order valence-corrected chi connectivity index (χ2v) is 8.03. The standard InChI is InChI=1S/C25H17Cl2N3O3/c1-32-22-12-15(5-9-20(22)31)24-25(30-11-3-2-4-23(30)29-24)28-14-17-7-10-21(33-17)18-8-6-16(26)13-19(18)27/h2-14,31H,1H3. The number of ether oxygens (including phenoxy) is 1. The van der Waals surface area contributed by atoms with Crippen LogP contribution < -0.4 is 4.74 Å². The van der Waals surface area contributed by atoms with Gasteiger partial charge >= 0.3 is 0 Å². The smallest absolute Gasteiger partial charge is 0.165 e. The number of nitrogens with zero attached hydrogens (tertiary/aromatic N) is 3. The van der Waals surface area contributed by atoms with Crippen LogP contribution in [-0.2, 0) is 0 Å². The average molecular weight is 478 g/mol. The van der Waals surface area contributed by atoms with Crippen molar-refractivity contribution in [1.82, 2.24) is 9.38 Å². The second-order valence-electron chi connectivity index (χ2n) is 7.18. The molecule has 0 aliphatic rings. The minimum atomic E-state index is 0.0547. The maximum atomic E-state index is 9.96. The number of methoxy groups -OCH3 is 1. The molecule has 5 rings (SSSR count).